The van der Waals surface area contributed by atoms with Crippen LogP contribution in [-0.2, 0) is 4.79 Å². The molecule has 82 valence electrons. The minimum Gasteiger partial charge on any atom is -0.396 e. The zero-order valence-electron chi connectivity index (χ0n) is 9.50. The fourth-order valence-corrected chi connectivity index (χ4v) is 1.05. The van der Waals surface area contributed by atoms with Crippen molar-refractivity contribution in [3.63, 3.8) is 0 Å². The highest BCUT2D eigenvalue weighted by Crippen LogP contribution is 2.04. The third-order valence-corrected chi connectivity index (χ3v) is 2.02. The smallest absolute Gasteiger partial charge is 0.250 e. The maximum absolute atomic E-state index is 11.4. The van der Waals surface area contributed by atoms with Gasteiger partial charge in [-0.25, -0.2) is 0 Å². The van der Waals surface area contributed by atoms with Gasteiger partial charge in [0.1, 0.15) is 0 Å². The number of hydrogen-bond acceptors (Lipinski definition) is 2. The van der Waals surface area contributed by atoms with E-state index in [1.807, 2.05) is 21.1 Å². The molecule has 0 aromatic carbocycles. The van der Waals surface area contributed by atoms with Crippen LogP contribution in [0.2, 0.25) is 0 Å². The van der Waals surface area contributed by atoms with E-state index in [1.165, 1.54) is 0 Å². The van der Waals surface area contributed by atoms with Crippen molar-refractivity contribution in [2.45, 2.75) is 19.5 Å². The van der Waals surface area contributed by atoms with Crippen molar-refractivity contribution in [2.24, 2.45) is 0 Å². The van der Waals surface area contributed by atoms with E-state index in [0.29, 0.717) is 16.5 Å². The zero-order valence-corrected chi connectivity index (χ0v) is 9.50. The first kappa shape index (κ1) is 13.1. The average molecular weight is 201 g/mol. The lowest BCUT2D eigenvalue weighted by Crippen LogP contribution is -2.55. The Hall–Kier alpha value is -0.870. The molecule has 0 radical (unpaired) electrons. The zero-order chi connectivity index (χ0) is 11.4. The molecule has 0 spiro atoms. The number of amides is 1. The molecule has 1 amide bonds. The van der Waals surface area contributed by atoms with Crippen LogP contribution in [0.3, 0.4) is 0 Å². The summed E-state index contributed by atoms with van der Waals surface area (Å²) in [5, 5.41) is 11.7. The molecule has 1 unspecified atom stereocenters. The van der Waals surface area contributed by atoms with Gasteiger partial charge in [0.15, 0.2) is 6.17 Å². The molecular weight excluding hydrogens is 180 g/mol. The second-order valence-corrected chi connectivity index (χ2v) is 4.40. The fraction of sp³-hybridized carbons (Fsp3) is 0.700. The molecule has 0 saturated carbocycles. The van der Waals surface area contributed by atoms with E-state index in [0.717, 1.165) is 0 Å². The Morgan fingerprint density at radius 1 is 1.50 bits per heavy atom. The summed E-state index contributed by atoms with van der Waals surface area (Å²) in [6.45, 7) is 5.30. The van der Waals surface area contributed by atoms with Crippen molar-refractivity contribution < 1.29 is 14.4 Å². The van der Waals surface area contributed by atoms with Crippen molar-refractivity contribution in [1.82, 2.24) is 5.32 Å². The van der Waals surface area contributed by atoms with Gasteiger partial charge in [0.2, 0.25) is 0 Å². The molecule has 1 atom stereocenters. The Balaban J connectivity index is 4.38. The standard InChI is InChI=1S/C10H20N2O2/c1-8(2)10(14)11-9(6-7-13)12(3,4)5/h9,13H,1,6-7H2,2-5H3/p+1. The van der Waals surface area contributed by atoms with E-state index in [-0.39, 0.29) is 18.7 Å². The average Bonchev–Trinajstić information content (AvgIpc) is 2.01. The van der Waals surface area contributed by atoms with Gasteiger partial charge in [0.05, 0.1) is 27.7 Å². The molecular formula is C10H21N2O2+. The van der Waals surface area contributed by atoms with Crippen LogP contribution in [-0.4, -0.2) is 49.4 Å². The molecule has 2 N–H and O–H groups in total. The van der Waals surface area contributed by atoms with Crippen molar-refractivity contribution in [3.05, 3.63) is 12.2 Å². The highest BCUT2D eigenvalue weighted by Gasteiger charge is 2.24. The van der Waals surface area contributed by atoms with Crippen LogP contribution in [0, 0.1) is 0 Å². The summed E-state index contributed by atoms with van der Waals surface area (Å²) >= 11 is 0. The number of carbonyl (C=O) groups is 1. The molecule has 0 aliphatic carbocycles. The van der Waals surface area contributed by atoms with E-state index in [1.54, 1.807) is 6.92 Å². The first-order valence-corrected chi connectivity index (χ1v) is 4.67. The van der Waals surface area contributed by atoms with Gasteiger partial charge in [-0.05, 0) is 6.92 Å². The second-order valence-electron chi connectivity index (χ2n) is 4.40. The first-order valence-electron chi connectivity index (χ1n) is 4.67. The lowest BCUT2D eigenvalue weighted by atomic mass is 10.2. The van der Waals surface area contributed by atoms with Crippen molar-refractivity contribution in [1.29, 1.82) is 0 Å². The third-order valence-electron chi connectivity index (χ3n) is 2.02. The topological polar surface area (TPSA) is 49.3 Å². The first-order chi connectivity index (χ1) is 6.29. The molecule has 0 rings (SSSR count). The van der Waals surface area contributed by atoms with Crippen molar-refractivity contribution in [3.8, 4) is 0 Å². The largest absolute Gasteiger partial charge is 0.396 e. The van der Waals surface area contributed by atoms with Crippen molar-refractivity contribution >= 4 is 5.91 Å². The summed E-state index contributed by atoms with van der Waals surface area (Å²) in [4.78, 5) is 11.4. The molecule has 0 aromatic heterocycles. The van der Waals surface area contributed by atoms with Gasteiger partial charge in [-0.2, -0.15) is 0 Å². The van der Waals surface area contributed by atoms with E-state index in [2.05, 4.69) is 11.9 Å². The summed E-state index contributed by atoms with van der Waals surface area (Å²) in [5.74, 6) is -0.156. The third kappa shape index (κ3) is 4.39. The molecule has 0 aliphatic heterocycles. The molecule has 4 heteroatoms. The lowest BCUT2D eigenvalue weighted by Gasteiger charge is -2.34. The van der Waals surface area contributed by atoms with Crippen LogP contribution in [0.5, 0.6) is 0 Å². The summed E-state index contributed by atoms with van der Waals surface area (Å²) in [6.07, 6.45) is 0.465. The predicted molar refractivity (Wildman–Crippen MR) is 56.5 cm³/mol. The monoisotopic (exact) mass is 201 g/mol. The summed E-state index contributed by atoms with van der Waals surface area (Å²) in [6, 6.07) is 0. The van der Waals surface area contributed by atoms with E-state index in [9.17, 15) is 4.79 Å². The number of quaternary nitrogens is 1. The normalized spacial score (nSPS) is 13.5. The highest BCUT2D eigenvalue weighted by atomic mass is 16.3. The molecule has 0 heterocycles. The Labute approximate surface area is 85.8 Å². The number of nitrogens with zero attached hydrogens (tertiary/aromatic N) is 1. The molecule has 0 fully saturated rings. The van der Waals surface area contributed by atoms with Crippen LogP contribution in [0.4, 0.5) is 0 Å². The van der Waals surface area contributed by atoms with Gasteiger partial charge >= 0.3 is 0 Å². The van der Waals surface area contributed by atoms with Crippen LogP contribution >= 0.6 is 0 Å². The van der Waals surface area contributed by atoms with E-state index >= 15 is 0 Å². The molecule has 4 nitrogen and oxygen atoms in total. The number of aliphatic hydroxyl groups excluding tert-OH is 1. The van der Waals surface area contributed by atoms with Gasteiger partial charge < -0.3 is 14.9 Å². The van der Waals surface area contributed by atoms with Crippen LogP contribution in [0.25, 0.3) is 0 Å². The highest BCUT2D eigenvalue weighted by molar-refractivity contribution is 5.92. The SMILES string of the molecule is C=C(C)C(=O)NC(CCO)[N+](C)(C)C. The summed E-state index contributed by atoms with van der Waals surface area (Å²) < 4.78 is 0.583. The Kier molecular flexibility index (Phi) is 4.80. The summed E-state index contributed by atoms with van der Waals surface area (Å²) in [7, 11) is 5.91. The van der Waals surface area contributed by atoms with E-state index in [4.69, 9.17) is 5.11 Å². The van der Waals surface area contributed by atoms with Crippen LogP contribution < -0.4 is 5.32 Å². The van der Waals surface area contributed by atoms with E-state index < -0.39 is 0 Å². The Bertz CT molecular complexity index is 219. The molecule has 14 heavy (non-hydrogen) atoms. The van der Waals surface area contributed by atoms with Gasteiger partial charge in [-0.1, -0.05) is 6.58 Å². The Morgan fingerprint density at radius 3 is 2.29 bits per heavy atom. The van der Waals surface area contributed by atoms with Crippen LogP contribution in [0.1, 0.15) is 13.3 Å². The number of nitrogens with one attached hydrogen (secondary N) is 1. The summed E-state index contributed by atoms with van der Waals surface area (Å²) in [5.41, 5.74) is 0.487. The number of hydrogen-bond donors (Lipinski definition) is 2. The van der Waals surface area contributed by atoms with Crippen molar-refractivity contribution in [2.75, 3.05) is 27.7 Å². The molecule has 0 aromatic rings. The van der Waals surface area contributed by atoms with Gasteiger partial charge in [-0.15, -0.1) is 0 Å². The lowest BCUT2D eigenvalue weighted by molar-refractivity contribution is -0.898. The maximum Gasteiger partial charge on any atom is 0.250 e. The minimum absolute atomic E-state index is 0.0661. The molecule has 0 bridgehead atoms. The molecule has 0 aliphatic rings. The van der Waals surface area contributed by atoms with Gasteiger partial charge in [-0.3, -0.25) is 4.79 Å². The molecule has 0 saturated heterocycles. The quantitative estimate of drug-likeness (QED) is 0.376. The number of rotatable bonds is 5. The number of aliphatic hydroxyl groups is 1. The second kappa shape index (κ2) is 5.12. The predicted octanol–water partition coefficient (Wildman–Crippen LogP) is 0.0934. The van der Waals surface area contributed by atoms with Gasteiger partial charge in [0, 0.05) is 12.0 Å². The Morgan fingerprint density at radius 2 is 2.00 bits per heavy atom. The minimum atomic E-state index is -0.156. The number of carbonyl (C=O) groups excluding carboxylic acids is 1. The maximum atomic E-state index is 11.4. The fourth-order valence-electron chi connectivity index (χ4n) is 1.05. The van der Waals surface area contributed by atoms with Gasteiger partial charge in [0.25, 0.3) is 5.91 Å². The van der Waals surface area contributed by atoms with Crippen LogP contribution in [0.15, 0.2) is 12.2 Å².